The van der Waals surface area contributed by atoms with Crippen molar-refractivity contribution in [1.82, 2.24) is 4.90 Å². The second-order valence-corrected chi connectivity index (χ2v) is 7.26. The van der Waals surface area contributed by atoms with Crippen molar-refractivity contribution in [3.05, 3.63) is 57.5 Å². The molecule has 0 aliphatic carbocycles. The van der Waals surface area contributed by atoms with Gasteiger partial charge in [0.25, 0.3) is 0 Å². The highest BCUT2D eigenvalue weighted by molar-refractivity contribution is 9.10. The number of hydrogen-bond donors (Lipinski definition) is 0. The van der Waals surface area contributed by atoms with E-state index in [1.54, 1.807) is 0 Å². The van der Waals surface area contributed by atoms with Crippen molar-refractivity contribution in [2.45, 2.75) is 6.61 Å². The summed E-state index contributed by atoms with van der Waals surface area (Å²) in [6.07, 6.45) is 0. The summed E-state index contributed by atoms with van der Waals surface area (Å²) >= 11 is 9.50. The Kier molecular flexibility index (Phi) is 5.46. The molecule has 1 fully saturated rings. The first-order chi connectivity index (χ1) is 11.1. The number of benzene rings is 2. The fourth-order valence-corrected chi connectivity index (χ4v) is 3.20. The van der Waals surface area contributed by atoms with Gasteiger partial charge in [-0.15, -0.1) is 0 Å². The average Bonchev–Trinajstić information content (AvgIpc) is 2.49. The minimum absolute atomic E-state index is 0.463. The van der Waals surface area contributed by atoms with Crippen molar-refractivity contribution in [2.75, 3.05) is 26.7 Å². The van der Waals surface area contributed by atoms with E-state index in [1.165, 1.54) is 0 Å². The maximum absolute atomic E-state index is 6.01. The van der Waals surface area contributed by atoms with Gasteiger partial charge >= 0.3 is 0 Å². The molecule has 0 N–H and O–H groups in total. The number of likely N-dealkylation sites (tertiary alicyclic amines) is 1. The molecule has 2 aromatic carbocycles. The van der Waals surface area contributed by atoms with E-state index in [-0.39, 0.29) is 0 Å². The number of rotatable bonds is 6. The predicted molar refractivity (Wildman–Crippen MR) is 96.4 cm³/mol. The summed E-state index contributed by atoms with van der Waals surface area (Å²) in [5.41, 5.74) is 1.03. The molecule has 0 bridgehead atoms. The molecule has 2 aromatic rings. The van der Waals surface area contributed by atoms with Crippen molar-refractivity contribution in [3.63, 3.8) is 0 Å². The average molecular weight is 397 g/mol. The van der Waals surface area contributed by atoms with Crippen molar-refractivity contribution in [3.8, 4) is 11.5 Å². The lowest BCUT2D eigenvalue weighted by molar-refractivity contribution is 0.0839. The van der Waals surface area contributed by atoms with Crippen LogP contribution in [0.2, 0.25) is 5.02 Å². The molecule has 0 radical (unpaired) electrons. The van der Waals surface area contributed by atoms with Gasteiger partial charge in [-0.05, 0) is 42.9 Å². The van der Waals surface area contributed by atoms with Crippen molar-refractivity contribution >= 4 is 27.5 Å². The Morgan fingerprint density at radius 1 is 1.13 bits per heavy atom. The topological polar surface area (TPSA) is 21.7 Å². The number of nitrogens with zero attached hydrogens (tertiary/aromatic N) is 1. The molecule has 1 heterocycles. The maximum atomic E-state index is 6.01. The van der Waals surface area contributed by atoms with E-state index in [9.17, 15) is 0 Å². The van der Waals surface area contributed by atoms with E-state index >= 15 is 0 Å². The lowest BCUT2D eigenvalue weighted by atomic mass is 10.0. The normalized spacial score (nSPS) is 15.3. The van der Waals surface area contributed by atoms with Gasteiger partial charge < -0.3 is 14.4 Å². The molecule has 3 rings (SSSR count). The Morgan fingerprint density at radius 3 is 2.70 bits per heavy atom. The molecule has 23 heavy (non-hydrogen) atoms. The number of hydrogen-bond acceptors (Lipinski definition) is 3. The third-order valence-corrected chi connectivity index (χ3v) is 4.53. The summed E-state index contributed by atoms with van der Waals surface area (Å²) in [6.45, 7) is 3.36. The van der Waals surface area contributed by atoms with Gasteiger partial charge in [-0.1, -0.05) is 39.7 Å². The molecule has 0 aromatic heterocycles. The first-order valence-corrected chi connectivity index (χ1v) is 8.75. The molecule has 0 amide bonds. The fraction of sp³-hybridized carbons (Fsp3) is 0.333. The van der Waals surface area contributed by atoms with E-state index in [1.807, 2.05) is 42.5 Å². The standard InChI is InChI=1S/C18H19BrClNO2/c1-21-9-14(10-21)12-23-18-8-15(19)5-6-17(18)22-11-13-3-2-4-16(20)7-13/h2-8,14H,9-12H2,1H3. The lowest BCUT2D eigenvalue weighted by Crippen LogP contribution is -2.46. The SMILES string of the molecule is CN1CC(COc2cc(Br)ccc2OCc2cccc(Cl)c2)C1. The van der Waals surface area contributed by atoms with Gasteiger partial charge in [0.05, 0.1) is 6.61 Å². The highest BCUT2D eigenvalue weighted by Crippen LogP contribution is 2.32. The molecule has 122 valence electrons. The zero-order valence-electron chi connectivity index (χ0n) is 13.0. The van der Waals surface area contributed by atoms with Gasteiger partial charge in [-0.2, -0.15) is 0 Å². The molecular formula is C18H19BrClNO2. The lowest BCUT2D eigenvalue weighted by Gasteiger charge is -2.35. The highest BCUT2D eigenvalue weighted by atomic mass is 79.9. The summed E-state index contributed by atoms with van der Waals surface area (Å²) in [5.74, 6) is 2.12. The monoisotopic (exact) mass is 395 g/mol. The minimum Gasteiger partial charge on any atom is -0.489 e. The van der Waals surface area contributed by atoms with Crippen molar-refractivity contribution in [1.29, 1.82) is 0 Å². The Labute approximate surface area is 150 Å². The predicted octanol–water partition coefficient (Wildman–Crippen LogP) is 4.62. The van der Waals surface area contributed by atoms with Crippen LogP contribution in [0.3, 0.4) is 0 Å². The van der Waals surface area contributed by atoms with E-state index in [2.05, 4.69) is 27.9 Å². The van der Waals surface area contributed by atoms with E-state index in [0.29, 0.717) is 24.2 Å². The molecule has 1 saturated heterocycles. The van der Waals surface area contributed by atoms with Crippen LogP contribution in [0.1, 0.15) is 5.56 Å². The molecule has 1 aliphatic rings. The van der Waals surface area contributed by atoms with E-state index in [4.69, 9.17) is 21.1 Å². The quantitative estimate of drug-likeness (QED) is 0.711. The second kappa shape index (κ2) is 7.56. The Morgan fingerprint density at radius 2 is 1.96 bits per heavy atom. The molecule has 0 unspecified atom stereocenters. The van der Waals surface area contributed by atoms with Crippen LogP contribution in [0.15, 0.2) is 46.9 Å². The molecule has 0 spiro atoms. The highest BCUT2D eigenvalue weighted by Gasteiger charge is 2.24. The number of ether oxygens (including phenoxy) is 2. The van der Waals surface area contributed by atoms with E-state index in [0.717, 1.165) is 34.6 Å². The largest absolute Gasteiger partial charge is 0.489 e. The first kappa shape index (κ1) is 16.6. The molecule has 1 aliphatic heterocycles. The van der Waals surface area contributed by atoms with Crippen LogP contribution >= 0.6 is 27.5 Å². The van der Waals surface area contributed by atoms with Gasteiger partial charge in [0.1, 0.15) is 6.61 Å². The third-order valence-electron chi connectivity index (χ3n) is 3.80. The summed E-state index contributed by atoms with van der Waals surface area (Å²) in [4.78, 5) is 2.28. The Balaban J connectivity index is 1.63. The molecule has 0 atom stereocenters. The van der Waals surface area contributed by atoms with Crippen LogP contribution in [0.25, 0.3) is 0 Å². The number of halogens is 2. The minimum atomic E-state index is 0.463. The van der Waals surface area contributed by atoms with Gasteiger partial charge in [-0.25, -0.2) is 0 Å². The summed E-state index contributed by atoms with van der Waals surface area (Å²) in [6, 6.07) is 13.5. The van der Waals surface area contributed by atoms with Gasteiger partial charge in [0.2, 0.25) is 0 Å². The first-order valence-electron chi connectivity index (χ1n) is 7.58. The van der Waals surface area contributed by atoms with Gasteiger partial charge in [-0.3, -0.25) is 0 Å². The van der Waals surface area contributed by atoms with Crippen LogP contribution in [-0.2, 0) is 6.61 Å². The van der Waals surface area contributed by atoms with E-state index < -0.39 is 0 Å². The third kappa shape index (κ3) is 4.63. The summed E-state index contributed by atoms with van der Waals surface area (Å²) in [7, 11) is 2.12. The zero-order chi connectivity index (χ0) is 16.2. The Bertz CT molecular complexity index is 674. The maximum Gasteiger partial charge on any atom is 0.162 e. The van der Waals surface area contributed by atoms with Crippen LogP contribution in [0, 0.1) is 5.92 Å². The van der Waals surface area contributed by atoms with Gasteiger partial charge in [0.15, 0.2) is 11.5 Å². The Hall–Kier alpha value is -1.23. The van der Waals surface area contributed by atoms with Crippen LogP contribution in [0.4, 0.5) is 0 Å². The molecular weight excluding hydrogens is 378 g/mol. The summed E-state index contributed by atoms with van der Waals surface area (Å²) < 4.78 is 12.9. The molecule has 0 saturated carbocycles. The molecule has 3 nitrogen and oxygen atoms in total. The van der Waals surface area contributed by atoms with Crippen molar-refractivity contribution in [2.24, 2.45) is 5.92 Å². The van der Waals surface area contributed by atoms with Crippen LogP contribution in [0.5, 0.6) is 11.5 Å². The van der Waals surface area contributed by atoms with Crippen molar-refractivity contribution < 1.29 is 9.47 Å². The second-order valence-electron chi connectivity index (χ2n) is 5.91. The zero-order valence-corrected chi connectivity index (χ0v) is 15.3. The smallest absolute Gasteiger partial charge is 0.162 e. The van der Waals surface area contributed by atoms with Crippen LogP contribution < -0.4 is 9.47 Å². The summed E-state index contributed by atoms with van der Waals surface area (Å²) in [5, 5.41) is 0.715. The fourth-order valence-electron chi connectivity index (χ4n) is 2.64. The molecule has 5 heteroatoms. The van der Waals surface area contributed by atoms with Gasteiger partial charge in [0, 0.05) is 28.5 Å². The van der Waals surface area contributed by atoms with Crippen LogP contribution in [-0.4, -0.2) is 31.6 Å².